The Hall–Kier alpha value is -9.22. The van der Waals surface area contributed by atoms with E-state index in [9.17, 15) is 82.6 Å². The number of benzene rings is 1. The van der Waals surface area contributed by atoms with E-state index in [1.54, 1.807) is 44.2 Å². The highest BCUT2D eigenvalue weighted by atomic mass is 33.1. The van der Waals surface area contributed by atoms with Crippen LogP contribution in [0.3, 0.4) is 0 Å². The molecule has 2 fully saturated rings. The molecule has 42 nitrogen and oxygen atoms in total. The van der Waals surface area contributed by atoms with Crippen molar-refractivity contribution in [3.63, 3.8) is 0 Å². The average molecular weight is 1730 g/mol. The molecular weight excluding hydrogens is 1600 g/mol. The van der Waals surface area contributed by atoms with Crippen LogP contribution in [0.4, 0.5) is 0 Å². The van der Waals surface area contributed by atoms with Crippen molar-refractivity contribution < 1.29 is 102 Å². The number of hydrazine groups is 1. The average Bonchev–Trinajstić information content (AvgIpc) is 1.06. The highest BCUT2D eigenvalue weighted by molar-refractivity contribution is 8.76. The molecule has 7 atom stereocenters. The number of amides is 13. The Labute approximate surface area is 699 Å². The molecule has 0 spiro atoms. The van der Waals surface area contributed by atoms with Gasteiger partial charge >= 0.3 is 5.97 Å². The number of carboxylic acid groups (broad SMARTS) is 1. The number of aliphatic carboxylic acids is 1. The number of nitrogens with zero attached hydrogens (tertiary/aromatic N) is 3. The first-order chi connectivity index (χ1) is 56.2. The first-order valence-electron chi connectivity index (χ1n) is 39.1. The lowest BCUT2D eigenvalue weighted by Crippen LogP contribution is -2.60. The van der Waals surface area contributed by atoms with E-state index in [-0.39, 0.29) is 171 Å². The lowest BCUT2D eigenvalue weighted by atomic mass is 9.94. The number of aliphatic imine (C=N–C) groups is 1. The lowest BCUT2D eigenvalue weighted by molar-refractivity contribution is -0.141. The van der Waals surface area contributed by atoms with Crippen LogP contribution in [0, 0.1) is 5.92 Å². The van der Waals surface area contributed by atoms with Crippen molar-refractivity contribution in [1.82, 2.24) is 80.0 Å². The summed E-state index contributed by atoms with van der Waals surface area (Å²) in [5, 5.41) is 71.1. The second kappa shape index (κ2) is 58.6. The summed E-state index contributed by atoms with van der Waals surface area (Å²) < 4.78 is 21.4. The van der Waals surface area contributed by atoms with E-state index in [1.807, 2.05) is 27.7 Å². The van der Waals surface area contributed by atoms with Gasteiger partial charge in [-0.15, -0.1) is 11.8 Å². The molecule has 3 rings (SSSR count). The zero-order chi connectivity index (χ0) is 87.3. The number of fused-ring (bicyclic) bond motifs is 5. The van der Waals surface area contributed by atoms with E-state index >= 15 is 0 Å². The van der Waals surface area contributed by atoms with Crippen LogP contribution in [-0.2, 0) is 92.5 Å². The summed E-state index contributed by atoms with van der Waals surface area (Å²) >= 11 is 0.881. The summed E-state index contributed by atoms with van der Waals surface area (Å²) in [5.74, 6) is -13.1. The number of carbonyl (C=O) groups is 14. The SMILES string of the molecule is CC(=NO)C(C)(C)NCCC(CCNC(=O)CCCC(=O)NCCCCCC1NC(=O)CSCC(C(=O)NNCCOCCOCCOCCNC(=O)COCC(N)=O)NC(=O)C(Cc2ccccc2)NC(=O)C2CSSCC(NC1=O)C(=O)NC(CCCN=C(N)N)C(=O)NCC(=O)NC(CC(=O)O)C(=O)N2)CCNC(C)(C)C(C)=NO. The van der Waals surface area contributed by atoms with E-state index in [4.69, 9.17) is 36.1 Å². The van der Waals surface area contributed by atoms with Crippen molar-refractivity contribution in [3.8, 4) is 0 Å². The van der Waals surface area contributed by atoms with Crippen LogP contribution in [0.1, 0.15) is 131 Å². The smallest absolute Gasteiger partial charge is 0.305 e. The predicted molar refractivity (Wildman–Crippen MR) is 442 cm³/mol. The van der Waals surface area contributed by atoms with Crippen LogP contribution in [0.15, 0.2) is 45.6 Å². The number of thioether (sulfide) groups is 1. The van der Waals surface area contributed by atoms with Crippen LogP contribution in [0.25, 0.3) is 0 Å². The highest BCUT2D eigenvalue weighted by Crippen LogP contribution is 2.25. The van der Waals surface area contributed by atoms with Gasteiger partial charge in [-0.1, -0.05) is 75.1 Å². The molecule has 7 unspecified atom stereocenters. The summed E-state index contributed by atoms with van der Waals surface area (Å²) in [5.41, 5.74) is 21.8. The number of hydrogen-bond donors (Lipinski definition) is 21. The summed E-state index contributed by atoms with van der Waals surface area (Å²) in [7, 11) is 1.82. The van der Waals surface area contributed by atoms with Gasteiger partial charge in [-0.25, -0.2) is 5.43 Å². The minimum absolute atomic E-state index is 0.00863. The zero-order valence-corrected chi connectivity index (χ0v) is 70.5. The maximum absolute atomic E-state index is 14.8. The molecule has 13 amide bonds. The molecule has 1 aromatic rings. The van der Waals surface area contributed by atoms with Gasteiger partial charge in [0.1, 0.15) is 55.5 Å². The molecule has 2 saturated heterocycles. The number of carboxylic acids is 1. The Morgan fingerprint density at radius 3 is 1.65 bits per heavy atom. The summed E-state index contributed by atoms with van der Waals surface area (Å²) in [4.78, 5) is 194. The highest BCUT2D eigenvalue weighted by Gasteiger charge is 2.36. The summed E-state index contributed by atoms with van der Waals surface area (Å²) in [6.07, 6.45) is 2.37. The Bertz CT molecular complexity index is 3420. The van der Waals surface area contributed by atoms with Gasteiger partial charge in [0.25, 0.3) is 5.91 Å². The quantitative estimate of drug-likeness (QED) is 0.00736. The van der Waals surface area contributed by atoms with Crippen molar-refractivity contribution in [3.05, 3.63) is 35.9 Å². The van der Waals surface area contributed by atoms with Crippen molar-refractivity contribution in [2.45, 2.75) is 185 Å². The molecule has 0 aliphatic carbocycles. The van der Waals surface area contributed by atoms with Crippen LogP contribution >= 0.6 is 33.3 Å². The number of unbranched alkanes of at least 4 members (excludes halogenated alkanes) is 2. The molecule has 0 aromatic heterocycles. The van der Waals surface area contributed by atoms with Gasteiger partial charge in [0.15, 0.2) is 5.96 Å². The number of oxime groups is 2. The Morgan fingerprint density at radius 1 is 0.542 bits per heavy atom. The van der Waals surface area contributed by atoms with Crippen molar-refractivity contribution in [1.29, 1.82) is 0 Å². The first kappa shape index (κ1) is 103. The Balaban J connectivity index is 1.88. The molecule has 2 aliphatic heterocycles. The van der Waals surface area contributed by atoms with Gasteiger partial charge in [0.2, 0.25) is 70.9 Å². The van der Waals surface area contributed by atoms with Crippen molar-refractivity contribution >= 4 is 133 Å². The number of nitrogens with two attached hydrogens (primary N) is 3. The largest absolute Gasteiger partial charge is 0.481 e. The molecular formula is C73H123N21O21S3. The van der Waals surface area contributed by atoms with Crippen molar-refractivity contribution in [2.24, 2.45) is 38.4 Å². The molecule has 664 valence electrons. The second-order valence-corrected chi connectivity index (χ2v) is 32.3. The Morgan fingerprint density at radius 2 is 1.07 bits per heavy atom. The third-order valence-electron chi connectivity index (χ3n) is 18.5. The van der Waals surface area contributed by atoms with Gasteiger partial charge in [-0.3, -0.25) is 77.5 Å². The van der Waals surface area contributed by atoms with E-state index in [1.165, 1.54) is 0 Å². The van der Waals surface area contributed by atoms with Crippen LogP contribution < -0.4 is 97.2 Å². The lowest BCUT2D eigenvalue weighted by Gasteiger charge is -2.28. The van der Waals surface area contributed by atoms with E-state index in [2.05, 4.69) is 95.3 Å². The van der Waals surface area contributed by atoms with Crippen molar-refractivity contribution in [2.75, 3.05) is 128 Å². The summed E-state index contributed by atoms with van der Waals surface area (Å²) in [6, 6.07) is -2.34. The normalized spacial score (nSPS) is 19.8. The fourth-order valence-corrected chi connectivity index (χ4v) is 14.3. The number of guanidine groups is 1. The van der Waals surface area contributed by atoms with E-state index < -0.39 is 143 Å². The van der Waals surface area contributed by atoms with Crippen LogP contribution in [-0.4, -0.2) is 297 Å². The molecule has 2 heterocycles. The van der Waals surface area contributed by atoms with Gasteiger partial charge in [0.05, 0.1) is 80.9 Å². The molecule has 2 bridgehead atoms. The molecule has 45 heteroatoms. The van der Waals surface area contributed by atoms with Gasteiger partial charge in [-0.2, -0.15) is 0 Å². The number of ether oxygens (including phenoxy) is 4. The maximum atomic E-state index is 14.8. The third kappa shape index (κ3) is 45.7. The topological polar surface area (TPSA) is 632 Å². The van der Waals surface area contributed by atoms with Gasteiger partial charge in [0, 0.05) is 69.2 Å². The van der Waals surface area contributed by atoms with Crippen LogP contribution in [0.5, 0.6) is 0 Å². The Kier molecular flexibility index (Phi) is 51.2. The zero-order valence-electron chi connectivity index (χ0n) is 68.0. The number of rotatable bonds is 49. The van der Waals surface area contributed by atoms with Gasteiger partial charge < -0.3 is 121 Å². The number of primary amides is 1. The predicted octanol–water partition coefficient (Wildman–Crippen LogP) is -4.12. The number of hydrogen-bond acceptors (Lipinski definition) is 29. The summed E-state index contributed by atoms with van der Waals surface area (Å²) in [6.45, 7) is 12.5. The molecule has 118 heavy (non-hydrogen) atoms. The monoisotopic (exact) mass is 1730 g/mol. The molecule has 0 saturated carbocycles. The van der Waals surface area contributed by atoms with E-state index in [0.717, 1.165) is 46.2 Å². The fourth-order valence-electron chi connectivity index (χ4n) is 11.1. The van der Waals surface area contributed by atoms with Gasteiger partial charge in [-0.05, 0) is 117 Å². The number of carbonyl (C=O) groups excluding carboxylic acids is 13. The molecule has 24 N–H and O–H groups in total. The first-order valence-corrected chi connectivity index (χ1v) is 42.7. The minimum atomic E-state index is -1.84. The second-order valence-electron chi connectivity index (χ2n) is 28.8. The third-order valence-corrected chi connectivity index (χ3v) is 21.9. The molecule has 1 aromatic carbocycles. The maximum Gasteiger partial charge on any atom is 0.305 e. The number of nitrogens with one attached hydrogen (secondary N) is 15. The molecule has 2 aliphatic rings. The standard InChI is InChI=1S/C73H123N21O21S3/c1-46(93-110)72(3,4)82-27-22-48(23-28-83-73(5,6)47(2)94-111)21-26-78-59(97)20-13-19-58(96)77-24-12-8-11-17-51-65(104)90-55-43-117-118-44-56(91-67(106)53(38-63(101)102)86-60(98)39-81-64(103)50(87-68(55)107)18-14-25-80-71(75)76)69(108)88-52(37-49-15-9-7-10-16-49)66(105)89-54(42-116-45-62(100)85-51)70(109)92-84-30-32-113-34-36-114-35-33-112-31-29-79-61(99)41-115-40-57(74)95/h7,9-10,15-16,48,50-56,82-84,110-111H,8,11-14,17-45H2,1-6H3,(H2,74,95)(H,77,96)(H,78,97)(H,79,99)(H,81,103)(H,85,100)(H,86,98)(H,87,107)(H,88,108)(H,89,105)(H,90,104)(H,91,106)(H,92,109)(H,101,102)(H4,75,76,80). The fraction of sp³-hybridized carbons (Fsp3) is 0.685. The minimum Gasteiger partial charge on any atom is -0.481 e. The van der Waals surface area contributed by atoms with Crippen LogP contribution in [0.2, 0.25) is 0 Å². The van der Waals surface area contributed by atoms with E-state index in [0.29, 0.717) is 55.9 Å². The molecule has 0 radical (unpaired) electrons.